The molecular weight excluding hydrogens is 580 g/mol. The molecule has 4 atom stereocenters. The highest BCUT2D eigenvalue weighted by Gasteiger charge is 2.43. The summed E-state index contributed by atoms with van der Waals surface area (Å²) < 4.78 is 10.4. The smallest absolute Gasteiger partial charge is 0.317 e. The van der Waals surface area contributed by atoms with Crippen molar-refractivity contribution >= 4 is 23.4 Å². The van der Waals surface area contributed by atoms with Gasteiger partial charge in [0.2, 0.25) is 0 Å². The number of benzene rings is 2. The van der Waals surface area contributed by atoms with E-state index in [9.17, 15) is 9.59 Å². The topological polar surface area (TPSA) is 89.6 Å². The molecule has 4 heterocycles. The first-order chi connectivity index (χ1) is 22.4. The predicted molar refractivity (Wildman–Crippen MR) is 182 cm³/mol. The van der Waals surface area contributed by atoms with Gasteiger partial charge in [0, 0.05) is 100.0 Å². The van der Waals surface area contributed by atoms with Gasteiger partial charge in [0.15, 0.2) is 0 Å². The second-order valence-corrected chi connectivity index (χ2v) is 13.7. The van der Waals surface area contributed by atoms with E-state index in [0.717, 1.165) is 76.7 Å². The Labute approximate surface area is 274 Å². The Morgan fingerprint density at radius 1 is 0.630 bits per heavy atom. The third kappa shape index (κ3) is 7.42. The number of methoxy groups -OCH3 is 2. The molecule has 2 N–H and O–H groups in total. The number of amides is 4. The minimum atomic E-state index is 0.0860. The molecule has 0 radical (unpaired) electrons. The third-order valence-corrected chi connectivity index (χ3v) is 10.7. The van der Waals surface area contributed by atoms with Crippen molar-refractivity contribution in [3.8, 4) is 11.5 Å². The average molecular weight is 633 g/mol. The van der Waals surface area contributed by atoms with Gasteiger partial charge in [0.1, 0.15) is 11.5 Å². The molecule has 0 unspecified atom stereocenters. The van der Waals surface area contributed by atoms with Crippen molar-refractivity contribution < 1.29 is 19.1 Å². The van der Waals surface area contributed by atoms with E-state index < -0.39 is 0 Å². The first kappa shape index (κ1) is 32.1. The number of nitrogens with one attached hydrogen (secondary N) is 2. The van der Waals surface area contributed by atoms with Crippen LogP contribution in [-0.4, -0.2) is 101 Å². The van der Waals surface area contributed by atoms with E-state index in [1.54, 1.807) is 14.2 Å². The van der Waals surface area contributed by atoms with Gasteiger partial charge in [-0.3, -0.25) is 0 Å². The van der Waals surface area contributed by atoms with E-state index in [0.29, 0.717) is 36.3 Å². The van der Waals surface area contributed by atoms with E-state index in [1.807, 2.05) is 36.1 Å². The molecule has 0 bridgehead atoms. The fourth-order valence-corrected chi connectivity index (χ4v) is 8.10. The number of likely N-dealkylation sites (tertiary alicyclic amines) is 2. The Balaban J connectivity index is 0.000000164. The lowest BCUT2D eigenvalue weighted by Gasteiger charge is -2.27. The van der Waals surface area contributed by atoms with Gasteiger partial charge in [-0.2, -0.15) is 0 Å². The summed E-state index contributed by atoms with van der Waals surface area (Å²) in [5.41, 5.74) is 2.50. The molecule has 4 aliphatic heterocycles. The molecule has 10 heteroatoms. The molecule has 1 aliphatic carbocycles. The maximum Gasteiger partial charge on any atom is 0.317 e. The Morgan fingerprint density at radius 3 is 1.43 bits per heavy atom. The summed E-state index contributed by atoms with van der Waals surface area (Å²) in [6.45, 7) is 10.4. The number of ether oxygens (including phenoxy) is 2. The summed E-state index contributed by atoms with van der Waals surface area (Å²) in [7, 11) is 3.38. The normalized spacial score (nSPS) is 25.5. The number of hydrogen-bond donors (Lipinski definition) is 2. The van der Waals surface area contributed by atoms with E-state index in [4.69, 9.17) is 9.47 Å². The highest BCUT2D eigenvalue weighted by Crippen LogP contribution is 2.36. The Hall–Kier alpha value is -3.82. The lowest BCUT2D eigenvalue weighted by molar-refractivity contribution is 0.197. The van der Waals surface area contributed by atoms with Crippen LogP contribution in [0.2, 0.25) is 0 Å². The Kier molecular flexibility index (Phi) is 10.3. The van der Waals surface area contributed by atoms with Crippen LogP contribution in [0.15, 0.2) is 48.5 Å². The van der Waals surface area contributed by atoms with Gasteiger partial charge in [-0.1, -0.05) is 19.3 Å². The SMILES string of the molecule is CCNC(=O)N1C[C@@H]2CN(c3ccc(OC)cc3)C[C@@H]2C1.COc1ccc(N2C[C@H]3CN(C(=O)NC4CCCCC4)C[C@H]3C2)cc1. The van der Waals surface area contributed by atoms with Gasteiger partial charge in [-0.15, -0.1) is 0 Å². The van der Waals surface area contributed by atoms with Crippen molar-refractivity contribution in [3.05, 3.63) is 48.5 Å². The van der Waals surface area contributed by atoms with Crippen molar-refractivity contribution in [2.24, 2.45) is 23.7 Å². The molecular formula is C36H52N6O4. The lowest BCUT2D eigenvalue weighted by Crippen LogP contribution is -2.45. The molecule has 10 nitrogen and oxygen atoms in total. The summed E-state index contributed by atoms with van der Waals surface area (Å²) in [6.07, 6.45) is 6.14. The van der Waals surface area contributed by atoms with Crippen LogP contribution in [0, 0.1) is 23.7 Å². The van der Waals surface area contributed by atoms with Crippen LogP contribution >= 0.6 is 0 Å². The molecule has 4 saturated heterocycles. The molecule has 250 valence electrons. The van der Waals surface area contributed by atoms with Crippen molar-refractivity contribution in [2.75, 3.05) is 82.9 Å². The van der Waals surface area contributed by atoms with Crippen LogP contribution in [-0.2, 0) is 0 Å². The monoisotopic (exact) mass is 632 g/mol. The summed E-state index contributed by atoms with van der Waals surface area (Å²) >= 11 is 0. The van der Waals surface area contributed by atoms with Gasteiger partial charge in [-0.25, -0.2) is 9.59 Å². The number of carbonyl (C=O) groups excluding carboxylic acids is 2. The number of carbonyl (C=O) groups is 2. The lowest BCUT2D eigenvalue weighted by atomic mass is 9.96. The van der Waals surface area contributed by atoms with E-state index in [1.165, 1.54) is 30.6 Å². The first-order valence-corrected chi connectivity index (χ1v) is 17.3. The molecule has 46 heavy (non-hydrogen) atoms. The van der Waals surface area contributed by atoms with Crippen LogP contribution in [0.4, 0.5) is 21.0 Å². The Bertz CT molecular complexity index is 1270. The molecule has 4 amide bonds. The van der Waals surface area contributed by atoms with Crippen LogP contribution in [0.3, 0.4) is 0 Å². The van der Waals surface area contributed by atoms with Gasteiger partial charge >= 0.3 is 12.1 Å². The summed E-state index contributed by atoms with van der Waals surface area (Å²) in [6, 6.07) is 17.2. The predicted octanol–water partition coefficient (Wildman–Crippen LogP) is 4.90. The standard InChI is InChI=1S/C20H29N3O2.C16H23N3O2/c1-25-19-9-7-18(8-10-19)22-11-15-13-23(14-16(15)12-22)20(24)21-17-5-3-2-4-6-17;1-3-17-16(20)19-10-12-8-18(9-13(12)11-19)14-4-6-15(21-2)7-5-14/h7-10,15-17H,2-6,11-14H2,1H3,(H,21,24);4-7,12-13H,3,8-11H2,1-2H3,(H,17,20)/t15-,16+;12-,13+. The minimum absolute atomic E-state index is 0.0860. The van der Waals surface area contributed by atoms with Gasteiger partial charge in [0.05, 0.1) is 14.2 Å². The second kappa shape index (κ2) is 14.7. The van der Waals surface area contributed by atoms with Gasteiger partial charge < -0.3 is 39.7 Å². The average Bonchev–Trinajstić information content (AvgIpc) is 3.86. The van der Waals surface area contributed by atoms with Gasteiger partial charge in [0.25, 0.3) is 0 Å². The maximum atomic E-state index is 12.6. The molecule has 0 spiro atoms. The fraction of sp³-hybridized carbons (Fsp3) is 0.611. The van der Waals surface area contributed by atoms with E-state index in [-0.39, 0.29) is 12.1 Å². The fourth-order valence-electron chi connectivity index (χ4n) is 8.10. The van der Waals surface area contributed by atoms with Crippen molar-refractivity contribution in [1.82, 2.24) is 20.4 Å². The van der Waals surface area contributed by atoms with Crippen LogP contribution < -0.4 is 29.9 Å². The highest BCUT2D eigenvalue weighted by atomic mass is 16.5. The second-order valence-electron chi connectivity index (χ2n) is 13.7. The number of fused-ring (bicyclic) bond motifs is 2. The summed E-state index contributed by atoms with van der Waals surface area (Å²) in [4.78, 5) is 33.3. The highest BCUT2D eigenvalue weighted by molar-refractivity contribution is 5.75. The molecule has 2 aromatic carbocycles. The number of nitrogens with zero attached hydrogens (tertiary/aromatic N) is 4. The quantitative estimate of drug-likeness (QED) is 0.471. The molecule has 7 rings (SSSR count). The number of anilines is 2. The van der Waals surface area contributed by atoms with Crippen LogP contribution in [0.1, 0.15) is 39.0 Å². The zero-order chi connectivity index (χ0) is 32.0. The first-order valence-electron chi connectivity index (χ1n) is 17.3. The van der Waals surface area contributed by atoms with Crippen LogP contribution in [0.5, 0.6) is 11.5 Å². The maximum absolute atomic E-state index is 12.6. The number of rotatable bonds is 6. The zero-order valence-electron chi connectivity index (χ0n) is 27.8. The van der Waals surface area contributed by atoms with Crippen LogP contribution in [0.25, 0.3) is 0 Å². The largest absolute Gasteiger partial charge is 0.497 e. The summed E-state index contributed by atoms with van der Waals surface area (Å²) in [5, 5.41) is 6.16. The van der Waals surface area contributed by atoms with E-state index >= 15 is 0 Å². The third-order valence-electron chi connectivity index (χ3n) is 10.7. The molecule has 1 saturated carbocycles. The molecule has 2 aromatic rings. The van der Waals surface area contributed by atoms with Crippen molar-refractivity contribution in [2.45, 2.75) is 45.1 Å². The minimum Gasteiger partial charge on any atom is -0.497 e. The number of hydrogen-bond acceptors (Lipinski definition) is 6. The van der Waals surface area contributed by atoms with Crippen molar-refractivity contribution in [3.63, 3.8) is 0 Å². The molecule has 5 fully saturated rings. The molecule has 0 aromatic heterocycles. The van der Waals surface area contributed by atoms with Gasteiger partial charge in [-0.05, 0) is 68.3 Å². The van der Waals surface area contributed by atoms with Crippen molar-refractivity contribution in [1.29, 1.82) is 0 Å². The zero-order valence-corrected chi connectivity index (χ0v) is 27.8. The number of urea groups is 2. The molecule has 5 aliphatic rings. The van der Waals surface area contributed by atoms with E-state index in [2.05, 4.69) is 49.6 Å². The summed E-state index contributed by atoms with van der Waals surface area (Å²) in [5.74, 6) is 4.16. The Morgan fingerprint density at radius 2 is 1.04 bits per heavy atom.